The van der Waals surface area contributed by atoms with Crippen molar-refractivity contribution < 1.29 is 13.2 Å². The fraction of sp³-hybridized carbons (Fsp3) is 0.200. The van der Waals surface area contributed by atoms with Crippen molar-refractivity contribution in [2.24, 2.45) is 7.05 Å². The highest BCUT2D eigenvalue weighted by Crippen LogP contribution is 2.41. The van der Waals surface area contributed by atoms with Gasteiger partial charge in [-0.15, -0.1) is 0 Å². The number of thioether (sulfide) groups is 1. The molecule has 22 heavy (non-hydrogen) atoms. The number of rotatable bonds is 2. The lowest BCUT2D eigenvalue weighted by Gasteiger charge is -2.10. The standard InChI is InChI=1S/C15H12F3N3S/c1-9-3-4-12-11(7-9)20-14(21(12)2)10-5-6-19-8-13(10)22-15(16,17)18/h3-8H,1-2H3. The van der Waals surface area contributed by atoms with Gasteiger partial charge in [-0.25, -0.2) is 4.98 Å². The normalized spacial score (nSPS) is 12.0. The van der Waals surface area contributed by atoms with Crippen LogP contribution >= 0.6 is 11.8 Å². The van der Waals surface area contributed by atoms with E-state index >= 15 is 0 Å². The molecule has 3 rings (SSSR count). The van der Waals surface area contributed by atoms with Crippen molar-refractivity contribution in [3.63, 3.8) is 0 Å². The van der Waals surface area contributed by atoms with Crippen LogP contribution < -0.4 is 0 Å². The number of imidazole rings is 1. The van der Waals surface area contributed by atoms with E-state index in [1.807, 2.05) is 25.1 Å². The van der Waals surface area contributed by atoms with Gasteiger partial charge in [0.1, 0.15) is 5.82 Å². The highest BCUT2D eigenvalue weighted by molar-refractivity contribution is 8.00. The predicted octanol–water partition coefficient (Wildman–Crippen LogP) is 4.56. The second-order valence-electron chi connectivity index (χ2n) is 4.91. The highest BCUT2D eigenvalue weighted by atomic mass is 32.2. The second-order valence-corrected chi connectivity index (χ2v) is 6.01. The van der Waals surface area contributed by atoms with Gasteiger partial charge in [-0.1, -0.05) is 6.07 Å². The van der Waals surface area contributed by atoms with Crippen LogP contribution in [0.3, 0.4) is 0 Å². The Kier molecular flexibility index (Phi) is 3.60. The summed E-state index contributed by atoms with van der Waals surface area (Å²) in [5.74, 6) is 0.495. The highest BCUT2D eigenvalue weighted by Gasteiger charge is 2.31. The third kappa shape index (κ3) is 2.81. The van der Waals surface area contributed by atoms with Crippen LogP contribution in [0.1, 0.15) is 5.56 Å². The number of nitrogens with zero attached hydrogens (tertiary/aromatic N) is 3. The molecule has 0 aliphatic rings. The molecule has 0 spiro atoms. The molecule has 2 aromatic heterocycles. The maximum absolute atomic E-state index is 12.7. The van der Waals surface area contributed by atoms with Crippen LogP contribution in [-0.4, -0.2) is 20.0 Å². The first-order chi connectivity index (χ1) is 10.3. The maximum Gasteiger partial charge on any atom is 0.446 e. The van der Waals surface area contributed by atoms with Crippen LogP contribution in [0.25, 0.3) is 22.4 Å². The second kappa shape index (κ2) is 5.31. The molecule has 0 saturated heterocycles. The predicted molar refractivity (Wildman–Crippen MR) is 80.6 cm³/mol. The van der Waals surface area contributed by atoms with Crippen molar-refractivity contribution in [1.82, 2.24) is 14.5 Å². The lowest BCUT2D eigenvalue weighted by Crippen LogP contribution is -2.02. The van der Waals surface area contributed by atoms with Crippen LogP contribution in [0, 0.1) is 6.92 Å². The summed E-state index contributed by atoms with van der Waals surface area (Å²) in [6.07, 6.45) is 2.69. The molecule has 7 heteroatoms. The van der Waals surface area contributed by atoms with E-state index in [0.29, 0.717) is 11.4 Å². The van der Waals surface area contributed by atoms with Crippen LogP contribution in [0.5, 0.6) is 0 Å². The number of halogens is 3. The van der Waals surface area contributed by atoms with Crippen LogP contribution in [0.15, 0.2) is 41.6 Å². The van der Waals surface area contributed by atoms with E-state index in [1.165, 1.54) is 12.4 Å². The lowest BCUT2D eigenvalue weighted by atomic mass is 10.2. The first kappa shape index (κ1) is 14.9. The Morgan fingerprint density at radius 1 is 1.18 bits per heavy atom. The summed E-state index contributed by atoms with van der Waals surface area (Å²) in [4.78, 5) is 8.33. The zero-order valence-corrected chi connectivity index (χ0v) is 12.7. The number of hydrogen-bond acceptors (Lipinski definition) is 3. The third-order valence-electron chi connectivity index (χ3n) is 3.29. The van der Waals surface area contributed by atoms with Crippen LogP contribution in [0.4, 0.5) is 13.2 Å². The largest absolute Gasteiger partial charge is 0.446 e. The van der Waals surface area contributed by atoms with Gasteiger partial charge in [-0.3, -0.25) is 4.98 Å². The van der Waals surface area contributed by atoms with E-state index in [4.69, 9.17) is 0 Å². The maximum atomic E-state index is 12.7. The van der Waals surface area contributed by atoms with E-state index in [9.17, 15) is 13.2 Å². The third-order valence-corrected chi connectivity index (χ3v) is 4.06. The molecule has 0 radical (unpaired) electrons. The molecule has 0 amide bonds. The van der Waals surface area contributed by atoms with Crippen molar-refractivity contribution in [3.8, 4) is 11.4 Å². The van der Waals surface area contributed by atoms with Gasteiger partial charge < -0.3 is 4.57 Å². The van der Waals surface area contributed by atoms with Gasteiger partial charge in [0.2, 0.25) is 0 Å². The van der Waals surface area contributed by atoms with Gasteiger partial charge in [-0.2, -0.15) is 13.2 Å². The van der Waals surface area contributed by atoms with E-state index in [0.717, 1.165) is 16.6 Å². The Labute approximate surface area is 129 Å². The molecule has 0 aliphatic heterocycles. The minimum atomic E-state index is -4.36. The fourth-order valence-corrected chi connectivity index (χ4v) is 2.95. The van der Waals surface area contributed by atoms with Crippen molar-refractivity contribution in [1.29, 1.82) is 0 Å². The number of fused-ring (bicyclic) bond motifs is 1. The van der Waals surface area contributed by atoms with E-state index < -0.39 is 5.51 Å². The molecule has 3 aromatic rings. The van der Waals surface area contributed by atoms with E-state index in [1.54, 1.807) is 17.7 Å². The van der Waals surface area contributed by atoms with Crippen molar-refractivity contribution in [3.05, 3.63) is 42.2 Å². The molecular formula is C15H12F3N3S. The van der Waals surface area contributed by atoms with Gasteiger partial charge in [-0.05, 0) is 42.4 Å². The Morgan fingerprint density at radius 2 is 1.95 bits per heavy atom. The molecule has 0 atom stereocenters. The molecule has 0 aliphatic carbocycles. The molecule has 0 unspecified atom stereocenters. The van der Waals surface area contributed by atoms with E-state index in [-0.39, 0.29) is 16.7 Å². The van der Waals surface area contributed by atoms with Gasteiger partial charge in [0, 0.05) is 29.9 Å². The number of aryl methyl sites for hydroxylation is 2. The number of pyridine rings is 1. The monoisotopic (exact) mass is 323 g/mol. The molecule has 2 heterocycles. The molecule has 114 valence electrons. The Hall–Kier alpha value is -2.02. The zero-order valence-electron chi connectivity index (χ0n) is 11.8. The van der Waals surface area contributed by atoms with Gasteiger partial charge in [0.15, 0.2) is 0 Å². The van der Waals surface area contributed by atoms with Crippen molar-refractivity contribution in [2.75, 3.05) is 0 Å². The molecular weight excluding hydrogens is 311 g/mol. The smallest absolute Gasteiger partial charge is 0.327 e. The van der Waals surface area contributed by atoms with Crippen LogP contribution in [-0.2, 0) is 7.05 Å². The average molecular weight is 323 g/mol. The summed E-state index contributed by atoms with van der Waals surface area (Å²) in [6, 6.07) is 7.34. The molecule has 1 aromatic carbocycles. The lowest BCUT2D eigenvalue weighted by molar-refractivity contribution is -0.0328. The summed E-state index contributed by atoms with van der Waals surface area (Å²) in [7, 11) is 1.79. The van der Waals surface area contributed by atoms with Gasteiger partial charge in [0.05, 0.1) is 11.0 Å². The summed E-state index contributed by atoms with van der Waals surface area (Å²) in [6.45, 7) is 1.95. The molecule has 0 bridgehead atoms. The Balaban J connectivity index is 2.18. The fourth-order valence-electron chi connectivity index (χ4n) is 2.32. The average Bonchev–Trinajstić information content (AvgIpc) is 2.74. The van der Waals surface area contributed by atoms with Gasteiger partial charge >= 0.3 is 5.51 Å². The van der Waals surface area contributed by atoms with E-state index in [2.05, 4.69) is 9.97 Å². The molecule has 0 fully saturated rings. The summed E-state index contributed by atoms with van der Waals surface area (Å²) < 4.78 is 39.9. The van der Waals surface area contributed by atoms with Crippen LogP contribution in [0.2, 0.25) is 0 Å². The topological polar surface area (TPSA) is 30.7 Å². The zero-order chi connectivity index (χ0) is 15.9. The SMILES string of the molecule is Cc1ccc2c(c1)nc(-c1ccncc1SC(F)(F)F)n2C. The molecule has 0 N–H and O–H groups in total. The quantitative estimate of drug-likeness (QED) is 0.648. The van der Waals surface area contributed by atoms with Gasteiger partial charge in [0.25, 0.3) is 0 Å². The number of hydrogen-bond donors (Lipinski definition) is 0. The Bertz CT molecular complexity index is 840. The minimum absolute atomic E-state index is 0.0464. The molecule has 3 nitrogen and oxygen atoms in total. The minimum Gasteiger partial charge on any atom is -0.327 e. The number of benzene rings is 1. The Morgan fingerprint density at radius 3 is 2.68 bits per heavy atom. The summed E-state index contributed by atoms with van der Waals surface area (Å²) in [5.41, 5.74) is -1.25. The molecule has 0 saturated carbocycles. The first-order valence-electron chi connectivity index (χ1n) is 6.48. The number of aromatic nitrogens is 3. The van der Waals surface area contributed by atoms with Crippen molar-refractivity contribution >= 4 is 22.8 Å². The summed E-state index contributed by atoms with van der Waals surface area (Å²) >= 11 is -0.172. The summed E-state index contributed by atoms with van der Waals surface area (Å²) in [5, 5.41) is 0. The first-order valence-corrected chi connectivity index (χ1v) is 7.30. The van der Waals surface area contributed by atoms with Crippen molar-refractivity contribution in [2.45, 2.75) is 17.3 Å². The number of alkyl halides is 3.